The van der Waals surface area contributed by atoms with Crippen molar-refractivity contribution in [2.45, 2.75) is 34.6 Å². The zero-order valence-corrected chi connectivity index (χ0v) is 14.7. The van der Waals surface area contributed by atoms with Gasteiger partial charge in [0.15, 0.2) is 11.6 Å². The summed E-state index contributed by atoms with van der Waals surface area (Å²) in [6.45, 7) is 9.27. The normalized spacial score (nSPS) is 11.1. The Hall–Kier alpha value is -2.83. The molecule has 0 unspecified atom stereocenters. The molecule has 3 rings (SSSR count). The summed E-state index contributed by atoms with van der Waals surface area (Å²) in [6.07, 6.45) is 0. The van der Waals surface area contributed by atoms with Gasteiger partial charge in [-0.2, -0.15) is 0 Å². The van der Waals surface area contributed by atoms with E-state index in [0.29, 0.717) is 28.5 Å². The Morgan fingerprint density at radius 3 is 2.33 bits per heavy atom. The molecule has 0 radical (unpaired) electrons. The zero-order chi connectivity index (χ0) is 17.6. The number of aryl methyl sites for hydroxylation is 4. The van der Waals surface area contributed by atoms with Crippen LogP contribution < -0.4 is 4.90 Å². The molecule has 1 amide bonds. The van der Waals surface area contributed by atoms with Crippen molar-refractivity contribution in [3.8, 4) is 5.82 Å². The number of carbonyl (C=O) groups is 1. The number of aromatic nitrogens is 3. The molecule has 0 spiro atoms. The number of anilines is 1. The van der Waals surface area contributed by atoms with Crippen molar-refractivity contribution in [2.75, 3.05) is 11.9 Å². The van der Waals surface area contributed by atoms with Gasteiger partial charge in [-0.1, -0.05) is 10.3 Å². The second-order valence-corrected chi connectivity index (χ2v) is 5.95. The highest BCUT2D eigenvalue weighted by atomic mass is 16.5. The number of hydrogen-bond donors (Lipinski definition) is 0. The van der Waals surface area contributed by atoms with Crippen molar-refractivity contribution in [2.24, 2.45) is 0 Å². The van der Waals surface area contributed by atoms with Gasteiger partial charge in [-0.15, -0.1) is 0 Å². The van der Waals surface area contributed by atoms with Gasteiger partial charge in [0, 0.05) is 24.5 Å². The third-order valence-corrected chi connectivity index (χ3v) is 4.14. The van der Waals surface area contributed by atoms with Crippen LogP contribution in [0.4, 0.5) is 5.69 Å². The molecule has 0 aliphatic rings. The minimum absolute atomic E-state index is 0.121. The number of amides is 1. The average molecular weight is 328 g/mol. The minimum Gasteiger partial charge on any atom is -0.360 e. The molecule has 3 heterocycles. The topological polar surface area (TPSA) is 77.3 Å². The lowest BCUT2D eigenvalue weighted by atomic mass is 10.2. The molecule has 7 nitrogen and oxygen atoms in total. The standard InChI is InChI=1S/C17H20N4O3/c1-9-7-14(12(4)21(9)15-8-10(2)23-19-15)17(22)20(6)16-11(3)18-24-13(16)5/h7-8H,1-6H3. The van der Waals surface area contributed by atoms with E-state index in [-0.39, 0.29) is 5.91 Å². The summed E-state index contributed by atoms with van der Waals surface area (Å²) in [4.78, 5) is 14.5. The fourth-order valence-corrected chi connectivity index (χ4v) is 3.03. The Balaban J connectivity index is 2.03. The van der Waals surface area contributed by atoms with E-state index < -0.39 is 0 Å². The van der Waals surface area contributed by atoms with Gasteiger partial charge in [0.2, 0.25) is 0 Å². The van der Waals surface area contributed by atoms with Crippen LogP contribution in [0, 0.1) is 34.6 Å². The van der Waals surface area contributed by atoms with E-state index in [4.69, 9.17) is 9.05 Å². The number of carbonyl (C=O) groups excluding carboxylic acids is 1. The molecule has 0 atom stereocenters. The predicted molar refractivity (Wildman–Crippen MR) is 88.8 cm³/mol. The zero-order valence-electron chi connectivity index (χ0n) is 14.7. The second-order valence-electron chi connectivity index (χ2n) is 5.95. The van der Waals surface area contributed by atoms with Crippen LogP contribution in [0.15, 0.2) is 21.2 Å². The summed E-state index contributed by atoms with van der Waals surface area (Å²) < 4.78 is 12.2. The van der Waals surface area contributed by atoms with Gasteiger partial charge >= 0.3 is 0 Å². The van der Waals surface area contributed by atoms with Gasteiger partial charge in [0.1, 0.15) is 17.1 Å². The highest BCUT2D eigenvalue weighted by Crippen LogP contribution is 2.27. The molecule has 7 heteroatoms. The van der Waals surface area contributed by atoms with Gasteiger partial charge < -0.3 is 13.9 Å². The van der Waals surface area contributed by atoms with E-state index in [2.05, 4.69) is 10.3 Å². The Morgan fingerprint density at radius 1 is 1.08 bits per heavy atom. The maximum Gasteiger partial charge on any atom is 0.260 e. The highest BCUT2D eigenvalue weighted by Gasteiger charge is 2.25. The Kier molecular flexibility index (Phi) is 3.79. The summed E-state index contributed by atoms with van der Waals surface area (Å²) in [5.74, 6) is 1.88. The molecule has 24 heavy (non-hydrogen) atoms. The number of rotatable bonds is 3. The SMILES string of the molecule is Cc1cc(-n2c(C)cc(C(=O)N(C)c3c(C)noc3C)c2C)no1. The first-order valence-electron chi connectivity index (χ1n) is 7.64. The maximum atomic E-state index is 13.0. The molecule has 0 saturated heterocycles. The van der Waals surface area contributed by atoms with Crippen LogP contribution in [0.25, 0.3) is 5.82 Å². The van der Waals surface area contributed by atoms with Crippen LogP contribution in [0.5, 0.6) is 0 Å². The fourth-order valence-electron chi connectivity index (χ4n) is 3.03. The smallest absolute Gasteiger partial charge is 0.260 e. The summed E-state index contributed by atoms with van der Waals surface area (Å²) in [7, 11) is 1.72. The quantitative estimate of drug-likeness (QED) is 0.737. The van der Waals surface area contributed by atoms with E-state index in [1.165, 1.54) is 0 Å². The van der Waals surface area contributed by atoms with Gasteiger partial charge in [-0.3, -0.25) is 9.36 Å². The molecule has 126 valence electrons. The van der Waals surface area contributed by atoms with Gasteiger partial charge in [-0.05, 0) is 40.7 Å². The molecule has 0 aliphatic heterocycles. The van der Waals surface area contributed by atoms with Crippen LogP contribution in [-0.2, 0) is 0 Å². The Bertz CT molecular complexity index is 897. The van der Waals surface area contributed by atoms with E-state index in [1.807, 2.05) is 44.4 Å². The maximum absolute atomic E-state index is 13.0. The molecule has 3 aromatic heterocycles. The van der Waals surface area contributed by atoms with Crippen molar-refractivity contribution in [1.29, 1.82) is 0 Å². The minimum atomic E-state index is -0.121. The summed E-state index contributed by atoms with van der Waals surface area (Å²) in [6, 6.07) is 3.70. The Morgan fingerprint density at radius 2 is 1.79 bits per heavy atom. The molecule has 0 aliphatic carbocycles. The monoisotopic (exact) mass is 328 g/mol. The largest absolute Gasteiger partial charge is 0.360 e. The summed E-state index contributed by atoms with van der Waals surface area (Å²) in [5, 5.41) is 7.95. The summed E-state index contributed by atoms with van der Waals surface area (Å²) in [5.41, 5.74) is 3.71. The van der Waals surface area contributed by atoms with Crippen LogP contribution in [-0.4, -0.2) is 27.8 Å². The first-order valence-corrected chi connectivity index (χ1v) is 7.64. The van der Waals surface area contributed by atoms with E-state index in [1.54, 1.807) is 18.9 Å². The molecular formula is C17H20N4O3. The third-order valence-electron chi connectivity index (χ3n) is 4.14. The van der Waals surface area contributed by atoms with Crippen molar-refractivity contribution in [1.82, 2.24) is 14.9 Å². The van der Waals surface area contributed by atoms with E-state index in [0.717, 1.165) is 17.1 Å². The van der Waals surface area contributed by atoms with Crippen LogP contribution in [0.2, 0.25) is 0 Å². The lowest BCUT2D eigenvalue weighted by molar-refractivity contribution is 0.0992. The molecular weight excluding hydrogens is 308 g/mol. The molecule has 0 bridgehead atoms. The van der Waals surface area contributed by atoms with E-state index >= 15 is 0 Å². The lowest BCUT2D eigenvalue weighted by Gasteiger charge is -2.16. The number of hydrogen-bond acceptors (Lipinski definition) is 5. The van der Waals surface area contributed by atoms with Crippen molar-refractivity contribution < 1.29 is 13.8 Å². The predicted octanol–water partition coefficient (Wildman–Crippen LogP) is 3.27. The van der Waals surface area contributed by atoms with Crippen LogP contribution >= 0.6 is 0 Å². The number of nitrogens with zero attached hydrogens (tertiary/aromatic N) is 4. The van der Waals surface area contributed by atoms with Gasteiger partial charge in [0.25, 0.3) is 5.91 Å². The van der Waals surface area contributed by atoms with Gasteiger partial charge in [0.05, 0.1) is 5.56 Å². The summed E-state index contributed by atoms with van der Waals surface area (Å²) >= 11 is 0. The first-order chi connectivity index (χ1) is 11.3. The molecule has 0 fully saturated rings. The van der Waals surface area contributed by atoms with Crippen LogP contribution in [0.3, 0.4) is 0 Å². The molecule has 0 N–H and O–H groups in total. The first kappa shape index (κ1) is 16.0. The average Bonchev–Trinajstić information content (AvgIpc) is 3.17. The Labute approximate surface area is 139 Å². The molecule has 0 saturated carbocycles. The highest BCUT2D eigenvalue weighted by molar-refractivity contribution is 6.07. The van der Waals surface area contributed by atoms with E-state index in [9.17, 15) is 4.79 Å². The third kappa shape index (κ3) is 2.42. The lowest BCUT2D eigenvalue weighted by Crippen LogP contribution is -2.27. The van der Waals surface area contributed by atoms with Crippen molar-refractivity contribution >= 4 is 11.6 Å². The fraction of sp³-hybridized carbons (Fsp3) is 0.353. The molecule has 0 aromatic carbocycles. The second kappa shape index (κ2) is 5.67. The van der Waals surface area contributed by atoms with Crippen LogP contribution in [0.1, 0.15) is 39.0 Å². The molecule has 3 aromatic rings. The van der Waals surface area contributed by atoms with Crippen molar-refractivity contribution in [3.05, 3.63) is 46.3 Å². The van der Waals surface area contributed by atoms with Gasteiger partial charge in [-0.25, -0.2) is 0 Å². The van der Waals surface area contributed by atoms with Crippen molar-refractivity contribution in [3.63, 3.8) is 0 Å².